The fourth-order valence-corrected chi connectivity index (χ4v) is 2.15. The molecule has 25 heavy (non-hydrogen) atoms. The normalized spacial score (nSPS) is 11.0. The number of nitrogens with zero attached hydrogens (tertiary/aromatic N) is 1. The SMILES string of the molecule is COc1ccc(C(=O)N/N=C(/C)c2ccc(OC)c(OC)c2)c(O)c1. The second-order valence-electron chi connectivity index (χ2n) is 5.09. The predicted octanol–water partition coefficient (Wildman–Crippen LogP) is 2.57. The van der Waals surface area contributed by atoms with Gasteiger partial charge in [0.25, 0.3) is 5.91 Å². The van der Waals surface area contributed by atoms with Crippen molar-refractivity contribution < 1.29 is 24.1 Å². The number of phenols is 1. The first-order valence-corrected chi connectivity index (χ1v) is 7.44. The Kier molecular flexibility index (Phi) is 5.84. The van der Waals surface area contributed by atoms with Gasteiger partial charge in [-0.25, -0.2) is 5.43 Å². The lowest BCUT2D eigenvalue weighted by atomic mass is 10.1. The van der Waals surface area contributed by atoms with Gasteiger partial charge in [0.2, 0.25) is 0 Å². The van der Waals surface area contributed by atoms with Crippen molar-refractivity contribution in [3.8, 4) is 23.0 Å². The number of amides is 1. The van der Waals surface area contributed by atoms with Crippen LogP contribution in [0.3, 0.4) is 0 Å². The number of benzene rings is 2. The van der Waals surface area contributed by atoms with E-state index in [0.717, 1.165) is 5.56 Å². The van der Waals surface area contributed by atoms with Crippen LogP contribution in [0.25, 0.3) is 0 Å². The molecule has 132 valence electrons. The molecule has 0 aliphatic heterocycles. The largest absolute Gasteiger partial charge is 0.507 e. The number of carbonyl (C=O) groups is 1. The zero-order valence-corrected chi connectivity index (χ0v) is 14.5. The Balaban J connectivity index is 2.16. The van der Waals surface area contributed by atoms with Gasteiger partial charge in [-0.1, -0.05) is 0 Å². The van der Waals surface area contributed by atoms with Crippen LogP contribution in [0.4, 0.5) is 0 Å². The minimum Gasteiger partial charge on any atom is -0.507 e. The first kappa shape index (κ1) is 18.1. The number of hydrogen-bond donors (Lipinski definition) is 2. The maximum atomic E-state index is 12.2. The van der Waals surface area contributed by atoms with E-state index in [1.165, 1.54) is 19.2 Å². The van der Waals surface area contributed by atoms with Crippen LogP contribution in [0.5, 0.6) is 23.0 Å². The fourth-order valence-electron chi connectivity index (χ4n) is 2.15. The third-order valence-electron chi connectivity index (χ3n) is 3.58. The molecule has 0 radical (unpaired) electrons. The Labute approximate surface area is 145 Å². The summed E-state index contributed by atoms with van der Waals surface area (Å²) in [6, 6.07) is 9.72. The van der Waals surface area contributed by atoms with Gasteiger partial charge in [-0.3, -0.25) is 4.79 Å². The molecule has 7 heteroatoms. The number of carbonyl (C=O) groups excluding carboxylic acids is 1. The minimum atomic E-state index is -0.528. The van der Waals surface area contributed by atoms with Crippen molar-refractivity contribution in [3.05, 3.63) is 47.5 Å². The van der Waals surface area contributed by atoms with E-state index in [1.54, 1.807) is 45.4 Å². The van der Waals surface area contributed by atoms with Crippen molar-refractivity contribution in [3.63, 3.8) is 0 Å². The Morgan fingerprint density at radius 3 is 2.32 bits per heavy atom. The first-order valence-electron chi connectivity index (χ1n) is 7.44. The average molecular weight is 344 g/mol. The second-order valence-corrected chi connectivity index (χ2v) is 5.09. The molecular formula is C18H20N2O5. The Morgan fingerprint density at radius 1 is 1.00 bits per heavy atom. The van der Waals surface area contributed by atoms with Crippen molar-refractivity contribution in [2.75, 3.05) is 21.3 Å². The molecule has 0 unspecified atom stereocenters. The van der Waals surface area contributed by atoms with Crippen molar-refractivity contribution in [2.45, 2.75) is 6.92 Å². The van der Waals surface area contributed by atoms with Gasteiger partial charge in [0.05, 0.1) is 32.6 Å². The molecule has 0 aromatic heterocycles. The molecule has 0 fully saturated rings. The molecule has 0 spiro atoms. The van der Waals surface area contributed by atoms with Crippen LogP contribution in [-0.4, -0.2) is 38.1 Å². The zero-order valence-electron chi connectivity index (χ0n) is 14.5. The highest BCUT2D eigenvalue weighted by atomic mass is 16.5. The van der Waals surface area contributed by atoms with E-state index in [2.05, 4.69) is 10.5 Å². The van der Waals surface area contributed by atoms with Crippen LogP contribution in [0.1, 0.15) is 22.8 Å². The van der Waals surface area contributed by atoms with Gasteiger partial charge in [-0.05, 0) is 37.3 Å². The number of methoxy groups -OCH3 is 3. The minimum absolute atomic E-state index is 0.102. The summed E-state index contributed by atoms with van der Waals surface area (Å²) in [4.78, 5) is 12.2. The molecule has 0 aliphatic rings. The molecule has 0 heterocycles. The van der Waals surface area contributed by atoms with Gasteiger partial charge < -0.3 is 19.3 Å². The lowest BCUT2D eigenvalue weighted by Gasteiger charge is -2.10. The van der Waals surface area contributed by atoms with E-state index < -0.39 is 5.91 Å². The maximum absolute atomic E-state index is 12.2. The van der Waals surface area contributed by atoms with E-state index in [1.807, 2.05) is 0 Å². The highest BCUT2D eigenvalue weighted by Crippen LogP contribution is 2.28. The van der Waals surface area contributed by atoms with Crippen molar-refractivity contribution in [1.29, 1.82) is 0 Å². The summed E-state index contributed by atoms with van der Waals surface area (Å²) in [5.41, 5.74) is 3.85. The van der Waals surface area contributed by atoms with E-state index in [-0.39, 0.29) is 11.3 Å². The van der Waals surface area contributed by atoms with Gasteiger partial charge in [0.1, 0.15) is 11.5 Å². The third-order valence-corrected chi connectivity index (χ3v) is 3.58. The number of ether oxygens (including phenoxy) is 3. The lowest BCUT2D eigenvalue weighted by Crippen LogP contribution is -2.19. The molecule has 0 atom stereocenters. The average Bonchev–Trinajstić information content (AvgIpc) is 2.64. The summed E-state index contributed by atoms with van der Waals surface area (Å²) < 4.78 is 15.4. The summed E-state index contributed by atoms with van der Waals surface area (Å²) in [7, 11) is 4.58. The summed E-state index contributed by atoms with van der Waals surface area (Å²) in [6.45, 7) is 1.75. The molecule has 0 bridgehead atoms. The van der Waals surface area contributed by atoms with Gasteiger partial charge in [-0.15, -0.1) is 0 Å². The van der Waals surface area contributed by atoms with E-state index in [9.17, 15) is 9.90 Å². The van der Waals surface area contributed by atoms with Crippen molar-refractivity contribution >= 4 is 11.6 Å². The lowest BCUT2D eigenvalue weighted by molar-refractivity contribution is 0.0952. The summed E-state index contributed by atoms with van der Waals surface area (Å²) >= 11 is 0. The van der Waals surface area contributed by atoms with E-state index in [0.29, 0.717) is 23.0 Å². The molecule has 0 saturated carbocycles. The molecule has 2 aromatic carbocycles. The summed E-state index contributed by atoms with van der Waals surface area (Å²) in [5, 5.41) is 13.9. The van der Waals surface area contributed by atoms with Crippen LogP contribution in [0, 0.1) is 0 Å². The molecule has 2 N–H and O–H groups in total. The number of phenolic OH excluding ortho intramolecular Hbond substituents is 1. The van der Waals surface area contributed by atoms with Crippen molar-refractivity contribution in [2.24, 2.45) is 5.10 Å². The van der Waals surface area contributed by atoms with Crippen LogP contribution >= 0.6 is 0 Å². The standard InChI is InChI=1S/C18H20N2O5/c1-11(12-5-8-16(24-3)17(9-12)25-4)19-20-18(22)14-7-6-13(23-2)10-15(14)21/h5-10,21H,1-4H3,(H,20,22)/b19-11-. The van der Waals surface area contributed by atoms with Gasteiger partial charge in [0, 0.05) is 11.6 Å². The number of hydrogen-bond acceptors (Lipinski definition) is 6. The monoisotopic (exact) mass is 344 g/mol. The van der Waals surface area contributed by atoms with Crippen LogP contribution in [-0.2, 0) is 0 Å². The number of rotatable bonds is 6. The smallest absolute Gasteiger partial charge is 0.275 e. The van der Waals surface area contributed by atoms with E-state index >= 15 is 0 Å². The molecule has 0 saturated heterocycles. The highest BCUT2D eigenvalue weighted by molar-refractivity contribution is 6.02. The topological polar surface area (TPSA) is 89.4 Å². The van der Waals surface area contributed by atoms with Gasteiger partial charge in [0.15, 0.2) is 11.5 Å². The predicted molar refractivity (Wildman–Crippen MR) is 93.9 cm³/mol. The Morgan fingerprint density at radius 2 is 1.72 bits per heavy atom. The van der Waals surface area contributed by atoms with Gasteiger partial charge >= 0.3 is 0 Å². The fraction of sp³-hybridized carbons (Fsp3) is 0.222. The quantitative estimate of drug-likeness (QED) is 0.621. The van der Waals surface area contributed by atoms with Gasteiger partial charge in [-0.2, -0.15) is 5.10 Å². The second kappa shape index (κ2) is 8.05. The van der Waals surface area contributed by atoms with E-state index in [4.69, 9.17) is 14.2 Å². The van der Waals surface area contributed by atoms with Crippen LogP contribution < -0.4 is 19.6 Å². The molecule has 2 aromatic rings. The molecule has 7 nitrogen and oxygen atoms in total. The highest BCUT2D eigenvalue weighted by Gasteiger charge is 2.12. The summed E-state index contributed by atoms with van der Waals surface area (Å²) in [5.74, 6) is 0.912. The molecule has 1 amide bonds. The summed E-state index contributed by atoms with van der Waals surface area (Å²) in [6.07, 6.45) is 0. The zero-order chi connectivity index (χ0) is 18.4. The molecule has 0 aliphatic carbocycles. The molecular weight excluding hydrogens is 324 g/mol. The van der Waals surface area contributed by atoms with Crippen LogP contribution in [0.2, 0.25) is 0 Å². The van der Waals surface area contributed by atoms with Crippen molar-refractivity contribution in [1.82, 2.24) is 5.43 Å². The number of aromatic hydroxyl groups is 1. The number of hydrazone groups is 1. The third kappa shape index (κ3) is 4.20. The first-order chi connectivity index (χ1) is 12.0. The maximum Gasteiger partial charge on any atom is 0.275 e. The Hall–Kier alpha value is -3.22. The van der Waals surface area contributed by atoms with Crippen LogP contribution in [0.15, 0.2) is 41.5 Å². The molecule has 2 rings (SSSR count). The Bertz CT molecular complexity index is 802. The number of nitrogens with one attached hydrogen (secondary N) is 1.